The summed E-state index contributed by atoms with van der Waals surface area (Å²) in [5.74, 6) is 1.38. The second-order valence-electron chi connectivity index (χ2n) is 5.26. The second kappa shape index (κ2) is 9.86. The molecule has 0 heterocycles. The van der Waals surface area contributed by atoms with Gasteiger partial charge in [-0.05, 0) is 11.8 Å². The number of hydrogen-bond acceptors (Lipinski definition) is 3. The molecule has 2 N–H and O–H groups in total. The Bertz CT molecular complexity index is 170. The molecule has 0 aromatic heterocycles. The number of ether oxygens (including phenoxy) is 1. The Morgan fingerprint density at radius 3 is 2.12 bits per heavy atom. The number of methoxy groups -OCH3 is 1. The molecule has 3 heteroatoms. The van der Waals surface area contributed by atoms with E-state index in [2.05, 4.69) is 32.6 Å². The third-order valence-electron chi connectivity index (χ3n) is 3.49. The van der Waals surface area contributed by atoms with Crippen LogP contribution >= 0.6 is 0 Å². The van der Waals surface area contributed by atoms with Crippen molar-refractivity contribution in [2.75, 3.05) is 33.4 Å². The standard InChI is InChI=1S/C14H32N2O/c1-6-13(7-2)14(10-15)16(8-9-17-5)11-12(3)4/h12-14H,6-11,15H2,1-5H3. The van der Waals surface area contributed by atoms with Gasteiger partial charge in [0, 0.05) is 32.8 Å². The fourth-order valence-corrected chi connectivity index (χ4v) is 2.54. The van der Waals surface area contributed by atoms with Crippen molar-refractivity contribution in [3.63, 3.8) is 0 Å². The number of hydrogen-bond donors (Lipinski definition) is 1. The fraction of sp³-hybridized carbons (Fsp3) is 1.00. The van der Waals surface area contributed by atoms with Crippen LogP contribution in [0.25, 0.3) is 0 Å². The summed E-state index contributed by atoms with van der Waals surface area (Å²) < 4.78 is 5.21. The lowest BCUT2D eigenvalue weighted by Crippen LogP contribution is -2.48. The highest BCUT2D eigenvalue weighted by Crippen LogP contribution is 2.19. The maximum Gasteiger partial charge on any atom is 0.0589 e. The van der Waals surface area contributed by atoms with E-state index in [-0.39, 0.29) is 0 Å². The van der Waals surface area contributed by atoms with Crippen LogP contribution in [-0.4, -0.2) is 44.3 Å². The van der Waals surface area contributed by atoms with E-state index in [1.807, 2.05) is 0 Å². The Morgan fingerprint density at radius 2 is 1.76 bits per heavy atom. The van der Waals surface area contributed by atoms with Crippen LogP contribution in [0.1, 0.15) is 40.5 Å². The molecule has 0 spiro atoms. The first-order valence-electron chi connectivity index (χ1n) is 7.03. The van der Waals surface area contributed by atoms with Gasteiger partial charge in [-0.1, -0.05) is 40.5 Å². The summed E-state index contributed by atoms with van der Waals surface area (Å²) in [4.78, 5) is 2.52. The van der Waals surface area contributed by atoms with Gasteiger partial charge in [-0.3, -0.25) is 4.90 Å². The molecule has 0 amide bonds. The lowest BCUT2D eigenvalue weighted by molar-refractivity contribution is 0.0837. The third-order valence-corrected chi connectivity index (χ3v) is 3.49. The van der Waals surface area contributed by atoms with E-state index in [1.54, 1.807) is 7.11 Å². The van der Waals surface area contributed by atoms with Crippen molar-refractivity contribution in [3.05, 3.63) is 0 Å². The van der Waals surface area contributed by atoms with Crippen LogP contribution in [-0.2, 0) is 4.74 Å². The molecule has 3 nitrogen and oxygen atoms in total. The number of rotatable bonds is 10. The fourth-order valence-electron chi connectivity index (χ4n) is 2.54. The lowest BCUT2D eigenvalue weighted by Gasteiger charge is -2.36. The predicted molar refractivity (Wildman–Crippen MR) is 75.2 cm³/mol. The average Bonchev–Trinajstić information content (AvgIpc) is 2.31. The van der Waals surface area contributed by atoms with Gasteiger partial charge in [-0.25, -0.2) is 0 Å². The van der Waals surface area contributed by atoms with Gasteiger partial charge in [0.15, 0.2) is 0 Å². The molecule has 0 aromatic rings. The first kappa shape index (κ1) is 16.9. The largest absolute Gasteiger partial charge is 0.383 e. The van der Waals surface area contributed by atoms with Crippen molar-refractivity contribution in [2.24, 2.45) is 17.6 Å². The molecule has 0 saturated carbocycles. The van der Waals surface area contributed by atoms with Crippen molar-refractivity contribution in [2.45, 2.75) is 46.6 Å². The normalized spacial score (nSPS) is 13.9. The zero-order valence-electron chi connectivity index (χ0n) is 12.4. The molecule has 0 aromatic carbocycles. The Morgan fingerprint density at radius 1 is 1.18 bits per heavy atom. The summed E-state index contributed by atoms with van der Waals surface area (Å²) in [7, 11) is 1.77. The Labute approximate surface area is 108 Å². The first-order chi connectivity index (χ1) is 8.10. The highest BCUT2D eigenvalue weighted by molar-refractivity contribution is 4.79. The SMILES string of the molecule is CCC(CC)C(CN)N(CCOC)CC(C)C. The summed E-state index contributed by atoms with van der Waals surface area (Å²) in [6.07, 6.45) is 2.42. The molecule has 1 unspecified atom stereocenters. The molecular weight excluding hydrogens is 212 g/mol. The van der Waals surface area contributed by atoms with E-state index < -0.39 is 0 Å². The quantitative estimate of drug-likeness (QED) is 0.641. The van der Waals surface area contributed by atoms with Gasteiger partial charge in [-0.2, -0.15) is 0 Å². The van der Waals surface area contributed by atoms with Gasteiger partial charge in [0.2, 0.25) is 0 Å². The first-order valence-corrected chi connectivity index (χ1v) is 7.03. The number of nitrogens with zero attached hydrogens (tertiary/aromatic N) is 1. The van der Waals surface area contributed by atoms with E-state index in [0.29, 0.717) is 17.9 Å². The van der Waals surface area contributed by atoms with Gasteiger partial charge in [-0.15, -0.1) is 0 Å². The molecule has 0 aliphatic rings. The molecule has 0 saturated heterocycles. The minimum Gasteiger partial charge on any atom is -0.383 e. The summed E-state index contributed by atoms with van der Waals surface area (Å²) >= 11 is 0. The summed E-state index contributed by atoms with van der Waals surface area (Å²) in [5, 5.41) is 0. The van der Waals surface area contributed by atoms with E-state index in [0.717, 1.165) is 26.2 Å². The summed E-state index contributed by atoms with van der Waals surface area (Å²) in [6, 6.07) is 0.502. The topological polar surface area (TPSA) is 38.5 Å². The van der Waals surface area contributed by atoms with Gasteiger partial charge in [0.1, 0.15) is 0 Å². The summed E-state index contributed by atoms with van der Waals surface area (Å²) in [5.41, 5.74) is 5.99. The smallest absolute Gasteiger partial charge is 0.0589 e. The van der Waals surface area contributed by atoms with Crippen LogP contribution in [0.4, 0.5) is 0 Å². The maximum atomic E-state index is 5.99. The molecular formula is C14H32N2O. The molecule has 0 aliphatic heterocycles. The predicted octanol–water partition coefficient (Wildman–Crippen LogP) is 2.35. The van der Waals surface area contributed by atoms with E-state index in [9.17, 15) is 0 Å². The number of nitrogens with two attached hydrogens (primary N) is 1. The molecule has 0 fully saturated rings. The Kier molecular flexibility index (Phi) is 9.79. The third kappa shape index (κ3) is 6.39. The minimum atomic E-state index is 0.502. The average molecular weight is 244 g/mol. The van der Waals surface area contributed by atoms with Crippen LogP contribution in [0.3, 0.4) is 0 Å². The van der Waals surface area contributed by atoms with Crippen LogP contribution in [0.15, 0.2) is 0 Å². The molecule has 104 valence electrons. The Balaban J connectivity index is 4.56. The molecule has 0 rings (SSSR count). The molecule has 1 atom stereocenters. The second-order valence-corrected chi connectivity index (χ2v) is 5.26. The van der Waals surface area contributed by atoms with Crippen molar-refractivity contribution in [3.8, 4) is 0 Å². The van der Waals surface area contributed by atoms with Gasteiger partial charge >= 0.3 is 0 Å². The minimum absolute atomic E-state index is 0.502. The monoisotopic (exact) mass is 244 g/mol. The van der Waals surface area contributed by atoms with Crippen molar-refractivity contribution < 1.29 is 4.74 Å². The van der Waals surface area contributed by atoms with Crippen molar-refractivity contribution in [1.29, 1.82) is 0 Å². The van der Waals surface area contributed by atoms with Gasteiger partial charge in [0.05, 0.1) is 6.61 Å². The molecule has 0 radical (unpaired) electrons. The van der Waals surface area contributed by atoms with Crippen LogP contribution in [0.5, 0.6) is 0 Å². The lowest BCUT2D eigenvalue weighted by atomic mass is 9.92. The zero-order chi connectivity index (χ0) is 13.3. The molecule has 0 aliphatic carbocycles. The van der Waals surface area contributed by atoms with E-state index in [4.69, 9.17) is 10.5 Å². The van der Waals surface area contributed by atoms with Gasteiger partial charge in [0.25, 0.3) is 0 Å². The van der Waals surface area contributed by atoms with E-state index in [1.165, 1.54) is 12.8 Å². The van der Waals surface area contributed by atoms with Gasteiger partial charge < -0.3 is 10.5 Å². The van der Waals surface area contributed by atoms with Crippen molar-refractivity contribution in [1.82, 2.24) is 4.90 Å². The van der Waals surface area contributed by atoms with E-state index >= 15 is 0 Å². The van der Waals surface area contributed by atoms with Crippen molar-refractivity contribution >= 4 is 0 Å². The zero-order valence-corrected chi connectivity index (χ0v) is 12.4. The molecule has 0 bridgehead atoms. The summed E-state index contributed by atoms with van der Waals surface area (Å²) in [6.45, 7) is 12.7. The highest BCUT2D eigenvalue weighted by Gasteiger charge is 2.24. The highest BCUT2D eigenvalue weighted by atomic mass is 16.5. The van der Waals surface area contributed by atoms with Crippen LogP contribution in [0, 0.1) is 11.8 Å². The Hall–Kier alpha value is -0.120. The maximum absolute atomic E-state index is 5.99. The van der Waals surface area contributed by atoms with Crippen LogP contribution in [0.2, 0.25) is 0 Å². The molecule has 17 heavy (non-hydrogen) atoms. The van der Waals surface area contributed by atoms with Crippen LogP contribution < -0.4 is 5.73 Å².